The molecule has 0 atom stereocenters. The molecule has 0 saturated carbocycles. The number of primary amides is 1. The molecule has 0 bridgehead atoms. The van der Waals surface area contributed by atoms with E-state index in [1.165, 1.54) is 24.0 Å². The highest BCUT2D eigenvalue weighted by molar-refractivity contribution is 7.98. The Balaban J connectivity index is 2.14. The van der Waals surface area contributed by atoms with Crippen molar-refractivity contribution in [2.75, 3.05) is 0 Å². The molecule has 0 aliphatic carbocycles. The average Bonchev–Trinajstić information content (AvgIpc) is 2.54. The summed E-state index contributed by atoms with van der Waals surface area (Å²) < 4.78 is 0. The summed E-state index contributed by atoms with van der Waals surface area (Å²) in [7, 11) is 0. The molecule has 0 radical (unpaired) electrons. The Morgan fingerprint density at radius 1 is 1.30 bits per heavy atom. The van der Waals surface area contributed by atoms with Crippen LogP contribution in [0.5, 0.6) is 0 Å². The van der Waals surface area contributed by atoms with Crippen LogP contribution in [0.4, 0.5) is 10.5 Å². The molecule has 2 rings (SSSR count). The summed E-state index contributed by atoms with van der Waals surface area (Å²) in [4.78, 5) is 21.9. The summed E-state index contributed by atoms with van der Waals surface area (Å²) in [5, 5.41) is 14.8. The van der Waals surface area contributed by atoms with Crippen LogP contribution in [0.2, 0.25) is 0 Å². The van der Waals surface area contributed by atoms with Crippen molar-refractivity contribution in [1.82, 2.24) is 5.43 Å². The highest BCUT2D eigenvalue weighted by atomic mass is 32.2. The second-order valence-electron chi connectivity index (χ2n) is 4.49. The number of amides is 2. The van der Waals surface area contributed by atoms with E-state index in [4.69, 9.17) is 5.73 Å². The lowest BCUT2D eigenvalue weighted by atomic mass is 10.2. The van der Waals surface area contributed by atoms with Gasteiger partial charge in [-0.05, 0) is 11.6 Å². The first-order valence-corrected chi connectivity index (χ1v) is 7.58. The van der Waals surface area contributed by atoms with Crippen molar-refractivity contribution in [2.45, 2.75) is 10.6 Å². The van der Waals surface area contributed by atoms with Crippen LogP contribution >= 0.6 is 11.8 Å². The van der Waals surface area contributed by atoms with Gasteiger partial charge in [0.1, 0.15) is 0 Å². The number of nitrogens with two attached hydrogens (primary N) is 1. The molecule has 0 aliphatic rings. The monoisotopic (exact) mass is 330 g/mol. The van der Waals surface area contributed by atoms with Crippen molar-refractivity contribution in [3.63, 3.8) is 0 Å². The molecule has 2 aromatic carbocycles. The summed E-state index contributed by atoms with van der Waals surface area (Å²) in [6.07, 6.45) is 1.30. The maximum Gasteiger partial charge on any atom is 0.332 e. The van der Waals surface area contributed by atoms with Gasteiger partial charge in [0.25, 0.3) is 5.69 Å². The lowest BCUT2D eigenvalue weighted by molar-refractivity contribution is -0.387. The van der Waals surface area contributed by atoms with Crippen LogP contribution in [0.25, 0.3) is 0 Å². The third-order valence-electron chi connectivity index (χ3n) is 2.81. The van der Waals surface area contributed by atoms with Gasteiger partial charge in [-0.1, -0.05) is 36.4 Å². The predicted octanol–water partition coefficient (Wildman–Crippen LogP) is 2.89. The van der Waals surface area contributed by atoms with E-state index in [1.807, 2.05) is 35.8 Å². The van der Waals surface area contributed by atoms with E-state index in [9.17, 15) is 14.9 Å². The summed E-state index contributed by atoms with van der Waals surface area (Å²) in [6, 6.07) is 13.7. The number of hydrazone groups is 1. The number of urea groups is 1. The molecule has 0 aromatic heterocycles. The van der Waals surface area contributed by atoms with Gasteiger partial charge in [-0.2, -0.15) is 5.10 Å². The molecule has 3 N–H and O–H groups in total. The Labute approximate surface area is 136 Å². The molecule has 0 fully saturated rings. The highest BCUT2D eigenvalue weighted by Crippen LogP contribution is 2.32. The first-order valence-electron chi connectivity index (χ1n) is 6.60. The fourth-order valence-corrected chi connectivity index (χ4v) is 2.75. The number of carbonyl (C=O) groups is 1. The summed E-state index contributed by atoms with van der Waals surface area (Å²) >= 11 is 1.39. The maximum absolute atomic E-state index is 11.2. The van der Waals surface area contributed by atoms with Crippen LogP contribution < -0.4 is 11.2 Å². The number of hydrogen-bond acceptors (Lipinski definition) is 5. The molecule has 0 heterocycles. The van der Waals surface area contributed by atoms with Gasteiger partial charge in [-0.3, -0.25) is 10.1 Å². The normalized spacial score (nSPS) is 10.6. The van der Waals surface area contributed by atoms with E-state index in [1.54, 1.807) is 12.1 Å². The number of nitro groups is 1. The van der Waals surface area contributed by atoms with Gasteiger partial charge in [0.05, 0.1) is 16.0 Å². The summed E-state index contributed by atoms with van der Waals surface area (Å²) in [5.74, 6) is 0.637. The number of nitro benzene ring substituents is 1. The molecule has 0 aliphatic heterocycles. The molecule has 0 saturated heterocycles. The quantitative estimate of drug-likeness (QED) is 0.367. The Hall–Kier alpha value is -2.87. The zero-order valence-electron chi connectivity index (χ0n) is 12.0. The molecule has 2 aromatic rings. The minimum absolute atomic E-state index is 0.00560. The van der Waals surface area contributed by atoms with E-state index in [0.717, 1.165) is 5.56 Å². The van der Waals surface area contributed by atoms with E-state index in [2.05, 4.69) is 5.10 Å². The van der Waals surface area contributed by atoms with Crippen LogP contribution in [0.1, 0.15) is 11.1 Å². The van der Waals surface area contributed by atoms with Crippen molar-refractivity contribution in [3.05, 3.63) is 69.8 Å². The molecule has 0 spiro atoms. The Kier molecular flexibility index (Phi) is 5.70. The van der Waals surface area contributed by atoms with Gasteiger partial charge in [0, 0.05) is 17.4 Å². The van der Waals surface area contributed by atoms with E-state index in [0.29, 0.717) is 16.2 Å². The fraction of sp³-hybridized carbons (Fsp3) is 0.0667. The van der Waals surface area contributed by atoms with Crippen molar-refractivity contribution in [2.24, 2.45) is 10.8 Å². The van der Waals surface area contributed by atoms with Crippen molar-refractivity contribution in [1.29, 1.82) is 0 Å². The average molecular weight is 330 g/mol. The zero-order chi connectivity index (χ0) is 16.7. The van der Waals surface area contributed by atoms with Gasteiger partial charge in [-0.15, -0.1) is 11.8 Å². The first-order chi connectivity index (χ1) is 11.1. The van der Waals surface area contributed by atoms with Crippen LogP contribution in [0.15, 0.2) is 58.5 Å². The maximum atomic E-state index is 11.2. The Bertz CT molecular complexity index is 735. The Morgan fingerprint density at radius 2 is 2.04 bits per heavy atom. The lowest BCUT2D eigenvalue weighted by Gasteiger charge is -2.04. The fourth-order valence-electron chi connectivity index (χ4n) is 1.79. The highest BCUT2D eigenvalue weighted by Gasteiger charge is 2.14. The molecule has 23 heavy (non-hydrogen) atoms. The lowest BCUT2D eigenvalue weighted by Crippen LogP contribution is -2.24. The minimum atomic E-state index is -0.800. The third kappa shape index (κ3) is 5.11. The van der Waals surface area contributed by atoms with Crippen molar-refractivity contribution in [3.8, 4) is 0 Å². The predicted molar refractivity (Wildman–Crippen MR) is 89.4 cm³/mol. The number of thioether (sulfide) groups is 1. The van der Waals surface area contributed by atoms with Crippen LogP contribution in [0, 0.1) is 10.1 Å². The number of carbonyl (C=O) groups excluding carboxylic acids is 1. The second kappa shape index (κ2) is 7.95. The topological polar surface area (TPSA) is 111 Å². The third-order valence-corrected chi connectivity index (χ3v) is 3.94. The SMILES string of the molecule is NC(=O)NN=Cc1ccc(SCc2ccccc2)c([N+](=O)[O-])c1. The van der Waals surface area contributed by atoms with E-state index >= 15 is 0 Å². The van der Waals surface area contributed by atoms with Crippen LogP contribution in [0.3, 0.4) is 0 Å². The number of nitrogens with zero attached hydrogens (tertiary/aromatic N) is 2. The molecule has 2 amide bonds. The van der Waals surface area contributed by atoms with Gasteiger partial charge in [0.2, 0.25) is 0 Å². The summed E-state index contributed by atoms with van der Waals surface area (Å²) in [6.45, 7) is 0. The number of benzene rings is 2. The van der Waals surface area contributed by atoms with Gasteiger partial charge < -0.3 is 5.73 Å². The van der Waals surface area contributed by atoms with Crippen molar-refractivity contribution < 1.29 is 9.72 Å². The standard InChI is InChI=1S/C15H14N4O3S/c16-15(20)18-17-9-12-6-7-14(13(8-12)19(21)22)23-10-11-4-2-1-3-5-11/h1-9H,10H2,(H3,16,18,20). The van der Waals surface area contributed by atoms with E-state index in [-0.39, 0.29) is 5.69 Å². The van der Waals surface area contributed by atoms with E-state index < -0.39 is 11.0 Å². The molecule has 8 heteroatoms. The zero-order valence-corrected chi connectivity index (χ0v) is 12.8. The largest absolute Gasteiger partial charge is 0.350 e. The van der Waals surface area contributed by atoms with Gasteiger partial charge in [-0.25, -0.2) is 10.2 Å². The Morgan fingerprint density at radius 3 is 2.70 bits per heavy atom. The van der Waals surface area contributed by atoms with Crippen LogP contribution in [-0.2, 0) is 5.75 Å². The number of hydrogen-bond donors (Lipinski definition) is 2. The number of nitrogens with one attached hydrogen (secondary N) is 1. The summed E-state index contributed by atoms with van der Waals surface area (Å²) in [5.41, 5.74) is 8.49. The first kappa shape index (κ1) is 16.5. The van der Waals surface area contributed by atoms with Gasteiger partial charge >= 0.3 is 6.03 Å². The van der Waals surface area contributed by atoms with Crippen LogP contribution in [-0.4, -0.2) is 17.2 Å². The smallest absolute Gasteiger partial charge is 0.332 e. The number of rotatable bonds is 6. The van der Waals surface area contributed by atoms with Crippen molar-refractivity contribution >= 4 is 29.7 Å². The minimum Gasteiger partial charge on any atom is -0.350 e. The molecule has 0 unspecified atom stereocenters. The van der Waals surface area contributed by atoms with Gasteiger partial charge in [0.15, 0.2) is 0 Å². The molecule has 7 nitrogen and oxygen atoms in total. The molecular weight excluding hydrogens is 316 g/mol. The molecule has 118 valence electrons. The second-order valence-corrected chi connectivity index (χ2v) is 5.51. The molecular formula is C15H14N4O3S.